The van der Waals surface area contributed by atoms with E-state index in [0.29, 0.717) is 0 Å². The van der Waals surface area contributed by atoms with Crippen LogP contribution in [-0.2, 0) is 0 Å². The summed E-state index contributed by atoms with van der Waals surface area (Å²) in [6.45, 7) is 0. The monoisotopic (exact) mass is 167 g/mol. The maximum atomic E-state index is 10.0. The van der Waals surface area contributed by atoms with E-state index in [0.717, 1.165) is 4.24 Å². The molecular weight excluding hydrogens is 158 g/mol. The Balaban J connectivity index is 3.75. The third kappa shape index (κ3) is 4.80. The van der Waals surface area contributed by atoms with Gasteiger partial charge in [-0.15, -0.1) is 23.5 Å². The normalized spacial score (nSPS) is 12.9. The van der Waals surface area contributed by atoms with E-state index >= 15 is 0 Å². The lowest BCUT2D eigenvalue weighted by atomic mass is 11.0. The Labute approximate surface area is 62.6 Å². The molecule has 0 spiro atoms. The molecular formula is C4H9NO2S2. The van der Waals surface area contributed by atoms with Gasteiger partial charge < -0.3 is 5.21 Å². The third-order valence-corrected chi connectivity index (χ3v) is 2.68. The van der Waals surface area contributed by atoms with Crippen LogP contribution in [0.3, 0.4) is 0 Å². The fourth-order valence-electron chi connectivity index (χ4n) is 0.302. The molecule has 5 heteroatoms. The molecule has 0 rings (SSSR count). The summed E-state index contributed by atoms with van der Waals surface area (Å²) < 4.78 is 0.822. The highest BCUT2D eigenvalue weighted by molar-refractivity contribution is 8.21. The molecule has 0 aromatic heterocycles. The molecule has 0 radical (unpaired) electrons. The van der Waals surface area contributed by atoms with Crippen LogP contribution in [0.2, 0.25) is 0 Å². The number of thioether (sulfide) groups is 2. The molecule has 0 aliphatic rings. The molecule has 54 valence electrons. The maximum absolute atomic E-state index is 10.0. The van der Waals surface area contributed by atoms with Gasteiger partial charge in [0.05, 0.1) is 4.24 Å². The van der Waals surface area contributed by atoms with Crippen LogP contribution in [0.4, 0.5) is 0 Å². The second-order valence-electron chi connectivity index (χ2n) is 1.21. The summed E-state index contributed by atoms with van der Waals surface area (Å²) in [5.41, 5.74) is 0. The van der Waals surface area contributed by atoms with Crippen molar-refractivity contribution < 1.29 is 10.4 Å². The number of rotatable bonds is 3. The van der Waals surface area contributed by atoms with Crippen molar-refractivity contribution in [3.05, 3.63) is 15.6 Å². The van der Waals surface area contributed by atoms with Crippen molar-refractivity contribution >= 4 is 23.5 Å². The predicted molar refractivity (Wildman–Crippen MR) is 41.2 cm³/mol. The SMILES string of the molecule is CSC(=C[NH+]([O-])O)SC. The Kier molecular flexibility index (Phi) is 5.31. The summed E-state index contributed by atoms with van der Waals surface area (Å²) in [5.74, 6) is 0. The summed E-state index contributed by atoms with van der Waals surface area (Å²) in [4.78, 5) is 0. The molecule has 0 heterocycles. The highest BCUT2D eigenvalue weighted by Crippen LogP contribution is 2.20. The fourth-order valence-corrected chi connectivity index (χ4v) is 1.41. The molecule has 0 fully saturated rings. The number of hydrogen-bond donors (Lipinski definition) is 2. The first-order valence-electron chi connectivity index (χ1n) is 2.23. The lowest BCUT2D eigenvalue weighted by Crippen LogP contribution is -2.99. The van der Waals surface area contributed by atoms with E-state index < -0.39 is 5.23 Å². The fraction of sp³-hybridized carbons (Fsp3) is 0.500. The van der Waals surface area contributed by atoms with Crippen molar-refractivity contribution in [2.75, 3.05) is 12.5 Å². The van der Waals surface area contributed by atoms with Gasteiger partial charge in [0.15, 0.2) is 0 Å². The number of nitrogens with one attached hydrogen (secondary N) is 1. The van der Waals surface area contributed by atoms with Crippen molar-refractivity contribution in [1.29, 1.82) is 0 Å². The van der Waals surface area contributed by atoms with Gasteiger partial charge in [-0.05, 0) is 12.5 Å². The largest absolute Gasteiger partial charge is 0.595 e. The smallest absolute Gasteiger partial charge is 0.147 e. The second-order valence-corrected chi connectivity index (χ2v) is 3.16. The van der Waals surface area contributed by atoms with E-state index in [-0.39, 0.29) is 0 Å². The van der Waals surface area contributed by atoms with Crippen molar-refractivity contribution in [3.8, 4) is 0 Å². The van der Waals surface area contributed by atoms with Crippen LogP contribution in [0, 0.1) is 5.21 Å². The molecule has 0 aliphatic carbocycles. The van der Waals surface area contributed by atoms with Gasteiger partial charge in [0.1, 0.15) is 6.20 Å². The van der Waals surface area contributed by atoms with Gasteiger partial charge in [-0.2, -0.15) is 5.23 Å². The first-order valence-corrected chi connectivity index (χ1v) is 4.68. The molecule has 0 aromatic carbocycles. The van der Waals surface area contributed by atoms with Crippen LogP contribution in [0.15, 0.2) is 10.4 Å². The highest BCUT2D eigenvalue weighted by atomic mass is 32.2. The standard InChI is InChI=1S/C4H9NO2S2/c1-8-4(9-2)3-5(6)7/h3,5-6H,1-2H3. The minimum absolute atomic E-state index is 0.822. The minimum Gasteiger partial charge on any atom is -0.595 e. The zero-order chi connectivity index (χ0) is 7.28. The van der Waals surface area contributed by atoms with Crippen LogP contribution in [0.25, 0.3) is 0 Å². The molecule has 1 atom stereocenters. The van der Waals surface area contributed by atoms with Crippen molar-refractivity contribution in [1.82, 2.24) is 0 Å². The molecule has 3 nitrogen and oxygen atoms in total. The summed E-state index contributed by atoms with van der Waals surface area (Å²) >= 11 is 2.88. The van der Waals surface area contributed by atoms with Crippen molar-refractivity contribution in [2.24, 2.45) is 0 Å². The molecule has 0 aliphatic heterocycles. The van der Waals surface area contributed by atoms with Crippen LogP contribution in [0.1, 0.15) is 0 Å². The predicted octanol–water partition coefficient (Wildman–Crippen LogP) is 0.283. The summed E-state index contributed by atoms with van der Waals surface area (Å²) in [5, 5.41) is 17.4. The Morgan fingerprint density at radius 2 is 2.00 bits per heavy atom. The molecule has 2 N–H and O–H groups in total. The molecule has 9 heavy (non-hydrogen) atoms. The van der Waals surface area contributed by atoms with Gasteiger partial charge >= 0.3 is 0 Å². The lowest BCUT2D eigenvalue weighted by Gasteiger charge is -2.06. The van der Waals surface area contributed by atoms with E-state index in [4.69, 9.17) is 5.21 Å². The number of hydrogen-bond acceptors (Lipinski definition) is 4. The topological polar surface area (TPSA) is 47.7 Å². The molecule has 0 bridgehead atoms. The Morgan fingerprint density at radius 3 is 2.11 bits per heavy atom. The van der Waals surface area contributed by atoms with Gasteiger partial charge in [0, 0.05) is 0 Å². The Morgan fingerprint density at radius 1 is 1.56 bits per heavy atom. The summed E-state index contributed by atoms with van der Waals surface area (Å²) in [6, 6.07) is 0. The Hall–Kier alpha value is 0.320. The Bertz CT molecular complexity index is 98.7. The van der Waals surface area contributed by atoms with Crippen LogP contribution < -0.4 is 5.23 Å². The van der Waals surface area contributed by atoms with E-state index in [9.17, 15) is 5.21 Å². The van der Waals surface area contributed by atoms with E-state index in [1.165, 1.54) is 29.7 Å². The van der Waals surface area contributed by atoms with Crippen molar-refractivity contribution in [3.63, 3.8) is 0 Å². The van der Waals surface area contributed by atoms with Crippen LogP contribution in [0.5, 0.6) is 0 Å². The maximum Gasteiger partial charge on any atom is 0.147 e. The molecule has 1 unspecified atom stereocenters. The van der Waals surface area contributed by atoms with Gasteiger partial charge in [-0.3, -0.25) is 0 Å². The average Bonchev–Trinajstić information content (AvgIpc) is 1.82. The van der Waals surface area contributed by atoms with Crippen molar-refractivity contribution in [2.45, 2.75) is 0 Å². The zero-order valence-electron chi connectivity index (χ0n) is 5.25. The minimum atomic E-state index is -0.881. The quantitative estimate of drug-likeness (QED) is 0.593. The van der Waals surface area contributed by atoms with E-state index in [1.807, 2.05) is 12.5 Å². The second kappa shape index (κ2) is 5.13. The van der Waals surface area contributed by atoms with Gasteiger partial charge in [0.2, 0.25) is 0 Å². The zero-order valence-corrected chi connectivity index (χ0v) is 6.88. The molecule has 0 amide bonds. The summed E-state index contributed by atoms with van der Waals surface area (Å²) in [6.07, 6.45) is 4.91. The van der Waals surface area contributed by atoms with Crippen LogP contribution >= 0.6 is 23.5 Å². The molecule has 0 saturated carbocycles. The number of hydroxylamine groups is 2. The molecule has 0 aromatic rings. The summed E-state index contributed by atoms with van der Waals surface area (Å²) in [7, 11) is 0. The van der Waals surface area contributed by atoms with Gasteiger partial charge in [0.25, 0.3) is 0 Å². The van der Waals surface area contributed by atoms with E-state index in [1.54, 1.807) is 0 Å². The first-order chi connectivity index (χ1) is 4.20. The average molecular weight is 167 g/mol. The van der Waals surface area contributed by atoms with Gasteiger partial charge in [-0.1, -0.05) is 0 Å². The molecule has 0 saturated heterocycles. The van der Waals surface area contributed by atoms with Crippen LogP contribution in [-0.4, -0.2) is 17.7 Å². The lowest BCUT2D eigenvalue weighted by molar-refractivity contribution is -1.00. The third-order valence-electron chi connectivity index (χ3n) is 0.644. The van der Waals surface area contributed by atoms with E-state index in [2.05, 4.69) is 0 Å². The number of quaternary nitrogens is 1. The highest BCUT2D eigenvalue weighted by Gasteiger charge is 1.93. The first kappa shape index (κ1) is 9.32. The van der Waals surface area contributed by atoms with Gasteiger partial charge in [-0.25, -0.2) is 5.21 Å².